The summed E-state index contributed by atoms with van der Waals surface area (Å²) in [6.45, 7) is 10.2. The van der Waals surface area contributed by atoms with E-state index in [-0.39, 0.29) is 5.54 Å². The minimum absolute atomic E-state index is 0.00764. The highest BCUT2D eigenvalue weighted by molar-refractivity contribution is 8.00. The molecule has 0 aliphatic carbocycles. The minimum atomic E-state index is -0.00764. The molecular formula is C11H24N2S. The molecule has 1 fully saturated rings. The highest BCUT2D eigenvalue weighted by Crippen LogP contribution is 2.21. The van der Waals surface area contributed by atoms with Crippen molar-refractivity contribution in [2.45, 2.75) is 44.4 Å². The first-order valence-corrected chi connectivity index (χ1v) is 6.69. The molecule has 0 amide bonds. The molecule has 0 aromatic heterocycles. The van der Waals surface area contributed by atoms with Crippen LogP contribution in [0.2, 0.25) is 0 Å². The van der Waals surface area contributed by atoms with Crippen LogP contribution >= 0.6 is 11.8 Å². The molecule has 14 heavy (non-hydrogen) atoms. The normalized spacial score (nSPS) is 25.3. The minimum Gasteiger partial charge on any atom is -0.326 e. The molecule has 1 aliphatic heterocycles. The van der Waals surface area contributed by atoms with E-state index in [0.29, 0.717) is 0 Å². The first-order chi connectivity index (χ1) is 6.51. The van der Waals surface area contributed by atoms with Gasteiger partial charge in [0.2, 0.25) is 0 Å². The van der Waals surface area contributed by atoms with Crippen molar-refractivity contribution in [2.75, 3.05) is 25.4 Å². The van der Waals surface area contributed by atoms with E-state index in [0.717, 1.165) is 11.7 Å². The van der Waals surface area contributed by atoms with Crippen LogP contribution < -0.4 is 5.73 Å². The van der Waals surface area contributed by atoms with Gasteiger partial charge in [-0.25, -0.2) is 0 Å². The topological polar surface area (TPSA) is 29.3 Å². The van der Waals surface area contributed by atoms with Crippen molar-refractivity contribution in [3.05, 3.63) is 0 Å². The molecule has 0 aromatic rings. The van der Waals surface area contributed by atoms with Gasteiger partial charge in [-0.15, -0.1) is 0 Å². The SMILES string of the molecule is CCC1CN(CCC(C)(C)N)CCS1. The van der Waals surface area contributed by atoms with Gasteiger partial charge < -0.3 is 10.6 Å². The second-order valence-electron chi connectivity index (χ2n) is 4.94. The zero-order chi connectivity index (χ0) is 10.6. The van der Waals surface area contributed by atoms with Crippen LogP contribution in [-0.4, -0.2) is 41.1 Å². The molecular weight excluding hydrogens is 192 g/mol. The fourth-order valence-electron chi connectivity index (χ4n) is 1.68. The van der Waals surface area contributed by atoms with Crippen molar-refractivity contribution in [1.29, 1.82) is 0 Å². The molecule has 0 bridgehead atoms. The van der Waals surface area contributed by atoms with E-state index < -0.39 is 0 Å². The van der Waals surface area contributed by atoms with Gasteiger partial charge in [-0.2, -0.15) is 11.8 Å². The molecule has 1 aliphatic rings. The largest absolute Gasteiger partial charge is 0.326 e. The average Bonchev–Trinajstić information content (AvgIpc) is 2.14. The van der Waals surface area contributed by atoms with Gasteiger partial charge in [-0.1, -0.05) is 6.92 Å². The summed E-state index contributed by atoms with van der Waals surface area (Å²) in [4.78, 5) is 2.57. The van der Waals surface area contributed by atoms with Crippen molar-refractivity contribution < 1.29 is 0 Å². The maximum Gasteiger partial charge on any atom is 0.0172 e. The molecule has 1 unspecified atom stereocenters. The number of nitrogens with zero attached hydrogens (tertiary/aromatic N) is 1. The first-order valence-electron chi connectivity index (χ1n) is 5.64. The number of thioether (sulfide) groups is 1. The smallest absolute Gasteiger partial charge is 0.0172 e. The van der Waals surface area contributed by atoms with Crippen LogP contribution in [0.5, 0.6) is 0 Å². The van der Waals surface area contributed by atoms with Gasteiger partial charge in [0.15, 0.2) is 0 Å². The fraction of sp³-hybridized carbons (Fsp3) is 1.00. The lowest BCUT2D eigenvalue weighted by Gasteiger charge is -2.33. The third-order valence-corrected chi connectivity index (χ3v) is 4.12. The number of hydrogen-bond donors (Lipinski definition) is 1. The summed E-state index contributed by atoms with van der Waals surface area (Å²) in [7, 11) is 0. The van der Waals surface area contributed by atoms with Crippen LogP contribution in [-0.2, 0) is 0 Å². The summed E-state index contributed by atoms with van der Waals surface area (Å²) in [6.07, 6.45) is 2.40. The van der Waals surface area contributed by atoms with Crippen LogP contribution in [0.4, 0.5) is 0 Å². The molecule has 1 heterocycles. The van der Waals surface area contributed by atoms with E-state index in [4.69, 9.17) is 5.73 Å². The fourth-order valence-corrected chi connectivity index (χ4v) is 2.93. The van der Waals surface area contributed by atoms with Crippen molar-refractivity contribution in [3.63, 3.8) is 0 Å². The lowest BCUT2D eigenvalue weighted by atomic mass is 10.0. The zero-order valence-corrected chi connectivity index (χ0v) is 10.6. The van der Waals surface area contributed by atoms with Crippen LogP contribution in [0.25, 0.3) is 0 Å². The van der Waals surface area contributed by atoms with Crippen molar-refractivity contribution in [1.82, 2.24) is 4.90 Å². The van der Waals surface area contributed by atoms with E-state index in [9.17, 15) is 0 Å². The Morgan fingerprint density at radius 1 is 1.50 bits per heavy atom. The van der Waals surface area contributed by atoms with Crippen molar-refractivity contribution in [2.24, 2.45) is 5.73 Å². The van der Waals surface area contributed by atoms with Gasteiger partial charge in [0.25, 0.3) is 0 Å². The highest BCUT2D eigenvalue weighted by Gasteiger charge is 2.20. The van der Waals surface area contributed by atoms with Crippen LogP contribution in [0.15, 0.2) is 0 Å². The van der Waals surface area contributed by atoms with E-state index in [1.54, 1.807) is 0 Å². The summed E-state index contributed by atoms with van der Waals surface area (Å²) in [5.74, 6) is 1.30. The Kier molecular flexibility index (Phi) is 4.74. The second kappa shape index (κ2) is 5.38. The Labute approximate surface area is 92.6 Å². The first kappa shape index (κ1) is 12.3. The lowest BCUT2D eigenvalue weighted by molar-refractivity contribution is 0.254. The Bertz CT molecular complexity index is 165. The van der Waals surface area contributed by atoms with E-state index in [1.807, 2.05) is 0 Å². The van der Waals surface area contributed by atoms with Gasteiger partial charge in [0, 0.05) is 29.6 Å². The Balaban J connectivity index is 2.24. The predicted molar refractivity (Wildman–Crippen MR) is 65.9 cm³/mol. The molecule has 0 aromatic carbocycles. The van der Waals surface area contributed by atoms with Crippen molar-refractivity contribution in [3.8, 4) is 0 Å². The maximum atomic E-state index is 5.99. The average molecular weight is 216 g/mol. The monoisotopic (exact) mass is 216 g/mol. The molecule has 1 saturated heterocycles. The standard InChI is InChI=1S/C11H24N2S/c1-4-10-9-13(7-8-14-10)6-5-11(2,3)12/h10H,4-9,12H2,1-3H3. The summed E-state index contributed by atoms with van der Waals surface area (Å²) >= 11 is 2.13. The molecule has 0 radical (unpaired) electrons. The van der Waals surface area contributed by atoms with Gasteiger partial charge in [-0.05, 0) is 33.2 Å². The molecule has 0 saturated carbocycles. The van der Waals surface area contributed by atoms with Crippen LogP contribution in [0.1, 0.15) is 33.6 Å². The molecule has 2 nitrogen and oxygen atoms in total. The van der Waals surface area contributed by atoms with Crippen LogP contribution in [0, 0.1) is 0 Å². The number of hydrogen-bond acceptors (Lipinski definition) is 3. The van der Waals surface area contributed by atoms with Crippen LogP contribution in [0.3, 0.4) is 0 Å². The molecule has 1 atom stereocenters. The zero-order valence-electron chi connectivity index (χ0n) is 9.75. The molecule has 0 spiro atoms. The predicted octanol–water partition coefficient (Wildman–Crippen LogP) is 1.94. The number of nitrogens with two attached hydrogens (primary N) is 1. The summed E-state index contributed by atoms with van der Waals surface area (Å²) < 4.78 is 0. The summed E-state index contributed by atoms with van der Waals surface area (Å²) in [6, 6.07) is 0. The van der Waals surface area contributed by atoms with Crippen molar-refractivity contribution >= 4 is 11.8 Å². The van der Waals surface area contributed by atoms with Gasteiger partial charge >= 0.3 is 0 Å². The summed E-state index contributed by atoms with van der Waals surface area (Å²) in [5.41, 5.74) is 5.98. The Morgan fingerprint density at radius 3 is 2.79 bits per heavy atom. The van der Waals surface area contributed by atoms with E-state index in [2.05, 4.69) is 37.4 Å². The quantitative estimate of drug-likeness (QED) is 0.779. The molecule has 3 heteroatoms. The van der Waals surface area contributed by atoms with Gasteiger partial charge in [-0.3, -0.25) is 0 Å². The van der Waals surface area contributed by atoms with Gasteiger partial charge in [0.05, 0.1) is 0 Å². The highest BCUT2D eigenvalue weighted by atomic mass is 32.2. The Morgan fingerprint density at radius 2 is 2.21 bits per heavy atom. The Hall–Kier alpha value is 0.270. The van der Waals surface area contributed by atoms with Gasteiger partial charge in [0.1, 0.15) is 0 Å². The lowest BCUT2D eigenvalue weighted by Crippen LogP contribution is -2.42. The third-order valence-electron chi connectivity index (χ3n) is 2.75. The molecule has 1 rings (SSSR count). The maximum absolute atomic E-state index is 5.99. The van der Waals surface area contributed by atoms with E-state index in [1.165, 1.54) is 31.8 Å². The summed E-state index contributed by atoms with van der Waals surface area (Å²) in [5, 5.41) is 0.852. The molecule has 84 valence electrons. The van der Waals surface area contributed by atoms with E-state index >= 15 is 0 Å². The molecule has 2 N–H and O–H groups in total. The third kappa shape index (κ3) is 4.67. The number of rotatable bonds is 4. The second-order valence-corrected chi connectivity index (χ2v) is 6.35.